The molecule has 0 atom stereocenters. The predicted octanol–water partition coefficient (Wildman–Crippen LogP) is 4.25. The molecule has 0 saturated heterocycles. The van der Waals surface area contributed by atoms with Crippen molar-refractivity contribution in [3.63, 3.8) is 0 Å². The molecule has 1 N–H and O–H groups in total. The Bertz CT molecular complexity index is 841. The highest BCUT2D eigenvalue weighted by atomic mass is 35.5. The summed E-state index contributed by atoms with van der Waals surface area (Å²) in [4.78, 5) is 27.2. The molecular formula is C16H13Cl2FN2O3. The largest absolute Gasteiger partial charge is 0.464 e. The van der Waals surface area contributed by atoms with E-state index in [0.29, 0.717) is 10.6 Å². The standard InChI is InChI=1S/C16H13Cl2FN2O3/c1-7-4-11(19)9(5-10(7)17)12-6-13(20-8(2)22)14(18)15(21-12)16(23)24-3/h4-6H,1-3H3,(H,20,21,22). The molecule has 0 aliphatic rings. The van der Waals surface area contributed by atoms with Crippen LogP contribution in [0.25, 0.3) is 11.3 Å². The molecule has 2 aromatic rings. The second-order valence-electron chi connectivity index (χ2n) is 4.97. The number of anilines is 1. The second kappa shape index (κ2) is 7.15. The lowest BCUT2D eigenvalue weighted by atomic mass is 10.1. The van der Waals surface area contributed by atoms with Crippen molar-refractivity contribution < 1.29 is 18.7 Å². The number of methoxy groups -OCH3 is 1. The summed E-state index contributed by atoms with van der Waals surface area (Å²) >= 11 is 12.1. The minimum atomic E-state index is -0.813. The summed E-state index contributed by atoms with van der Waals surface area (Å²) in [6.07, 6.45) is 0. The summed E-state index contributed by atoms with van der Waals surface area (Å²) in [5.74, 6) is -1.80. The van der Waals surface area contributed by atoms with Crippen molar-refractivity contribution in [1.29, 1.82) is 0 Å². The maximum absolute atomic E-state index is 14.3. The average Bonchev–Trinajstić information content (AvgIpc) is 2.51. The van der Waals surface area contributed by atoms with Crippen LogP contribution in [0.3, 0.4) is 0 Å². The number of aromatic nitrogens is 1. The van der Waals surface area contributed by atoms with Gasteiger partial charge in [-0.3, -0.25) is 4.79 Å². The van der Waals surface area contributed by atoms with E-state index in [2.05, 4.69) is 15.0 Å². The molecule has 24 heavy (non-hydrogen) atoms. The van der Waals surface area contributed by atoms with E-state index in [1.54, 1.807) is 6.92 Å². The van der Waals surface area contributed by atoms with Gasteiger partial charge >= 0.3 is 5.97 Å². The molecule has 8 heteroatoms. The number of ether oxygens (including phenoxy) is 1. The van der Waals surface area contributed by atoms with Gasteiger partial charge in [0, 0.05) is 17.5 Å². The second-order valence-corrected chi connectivity index (χ2v) is 5.76. The number of carbonyl (C=O) groups excluding carboxylic acids is 2. The molecule has 5 nitrogen and oxygen atoms in total. The number of nitrogens with one attached hydrogen (secondary N) is 1. The van der Waals surface area contributed by atoms with Gasteiger partial charge in [0.25, 0.3) is 0 Å². The number of esters is 1. The summed E-state index contributed by atoms with van der Waals surface area (Å²) in [7, 11) is 1.16. The lowest BCUT2D eigenvalue weighted by Crippen LogP contribution is -2.12. The van der Waals surface area contributed by atoms with Crippen LogP contribution in [0.5, 0.6) is 0 Å². The molecule has 0 saturated carbocycles. The number of benzene rings is 1. The van der Waals surface area contributed by atoms with Crippen molar-refractivity contribution >= 4 is 40.8 Å². The van der Waals surface area contributed by atoms with E-state index < -0.39 is 17.7 Å². The predicted molar refractivity (Wildman–Crippen MR) is 90.0 cm³/mol. The maximum atomic E-state index is 14.3. The summed E-state index contributed by atoms with van der Waals surface area (Å²) in [6, 6.07) is 4.01. The van der Waals surface area contributed by atoms with Gasteiger partial charge in [0.2, 0.25) is 5.91 Å². The number of carbonyl (C=O) groups is 2. The van der Waals surface area contributed by atoms with Gasteiger partial charge in [0.15, 0.2) is 5.69 Å². The van der Waals surface area contributed by atoms with Crippen LogP contribution in [-0.4, -0.2) is 24.0 Å². The van der Waals surface area contributed by atoms with E-state index in [1.165, 1.54) is 25.1 Å². The molecule has 0 radical (unpaired) electrons. The minimum Gasteiger partial charge on any atom is -0.464 e. The Labute approximate surface area is 147 Å². The van der Waals surface area contributed by atoms with Gasteiger partial charge in [-0.25, -0.2) is 14.2 Å². The monoisotopic (exact) mass is 370 g/mol. The molecular weight excluding hydrogens is 358 g/mol. The van der Waals surface area contributed by atoms with Crippen LogP contribution in [0.4, 0.5) is 10.1 Å². The van der Waals surface area contributed by atoms with Crippen molar-refractivity contribution in [3.05, 3.63) is 45.3 Å². The summed E-state index contributed by atoms with van der Waals surface area (Å²) < 4.78 is 18.9. The molecule has 126 valence electrons. The average molecular weight is 371 g/mol. The molecule has 1 amide bonds. The van der Waals surface area contributed by atoms with Crippen LogP contribution in [0.15, 0.2) is 18.2 Å². The number of halogens is 3. The highest BCUT2D eigenvalue weighted by Gasteiger charge is 2.21. The molecule has 0 bridgehead atoms. The third kappa shape index (κ3) is 3.66. The fraction of sp³-hybridized carbons (Fsp3) is 0.188. The number of pyridine rings is 1. The first kappa shape index (κ1) is 18.2. The third-order valence-electron chi connectivity index (χ3n) is 3.17. The summed E-state index contributed by atoms with van der Waals surface area (Å²) in [6.45, 7) is 2.94. The number of rotatable bonds is 3. The lowest BCUT2D eigenvalue weighted by Gasteiger charge is -2.12. The highest BCUT2D eigenvalue weighted by molar-refractivity contribution is 6.36. The molecule has 1 aromatic carbocycles. The van der Waals surface area contributed by atoms with E-state index in [4.69, 9.17) is 23.2 Å². The number of aryl methyl sites for hydroxylation is 1. The topological polar surface area (TPSA) is 68.3 Å². The van der Waals surface area contributed by atoms with E-state index in [9.17, 15) is 14.0 Å². The van der Waals surface area contributed by atoms with Crippen LogP contribution in [0.2, 0.25) is 10.0 Å². The van der Waals surface area contributed by atoms with Crippen LogP contribution >= 0.6 is 23.2 Å². The zero-order valence-electron chi connectivity index (χ0n) is 13.0. The Morgan fingerprint density at radius 3 is 2.50 bits per heavy atom. The quantitative estimate of drug-likeness (QED) is 0.820. The van der Waals surface area contributed by atoms with E-state index in [1.807, 2.05) is 0 Å². The normalized spacial score (nSPS) is 10.4. The van der Waals surface area contributed by atoms with Crippen molar-refractivity contribution in [1.82, 2.24) is 4.98 Å². The number of hydrogen-bond acceptors (Lipinski definition) is 4. The minimum absolute atomic E-state index is 0.0685. The molecule has 1 heterocycles. The first-order valence-corrected chi connectivity index (χ1v) is 7.52. The van der Waals surface area contributed by atoms with Gasteiger partial charge in [0.1, 0.15) is 5.82 Å². The van der Waals surface area contributed by atoms with Gasteiger partial charge in [0.05, 0.1) is 23.5 Å². The van der Waals surface area contributed by atoms with E-state index in [0.717, 1.165) is 7.11 Å². The fourth-order valence-corrected chi connectivity index (χ4v) is 2.41. The third-order valence-corrected chi connectivity index (χ3v) is 3.96. The van der Waals surface area contributed by atoms with Gasteiger partial charge in [-0.2, -0.15) is 0 Å². The highest BCUT2D eigenvalue weighted by Crippen LogP contribution is 2.33. The molecule has 0 spiro atoms. The van der Waals surface area contributed by atoms with Crippen LogP contribution in [-0.2, 0) is 9.53 Å². The Balaban J connectivity index is 2.72. The van der Waals surface area contributed by atoms with E-state index >= 15 is 0 Å². The lowest BCUT2D eigenvalue weighted by molar-refractivity contribution is -0.114. The Hall–Kier alpha value is -2.18. The Kier molecular flexibility index (Phi) is 5.41. The zero-order chi connectivity index (χ0) is 18.0. The number of amides is 1. The van der Waals surface area contributed by atoms with Crippen molar-refractivity contribution in [3.8, 4) is 11.3 Å². The van der Waals surface area contributed by atoms with Crippen molar-refractivity contribution in [2.45, 2.75) is 13.8 Å². The number of hydrogen-bond donors (Lipinski definition) is 1. The first-order chi connectivity index (χ1) is 11.2. The van der Waals surface area contributed by atoms with Crippen molar-refractivity contribution in [2.75, 3.05) is 12.4 Å². The van der Waals surface area contributed by atoms with Crippen LogP contribution < -0.4 is 5.32 Å². The summed E-state index contributed by atoms with van der Waals surface area (Å²) in [5.41, 5.74) is 0.589. The summed E-state index contributed by atoms with van der Waals surface area (Å²) in [5, 5.41) is 2.71. The van der Waals surface area contributed by atoms with Gasteiger partial charge < -0.3 is 10.1 Å². The van der Waals surface area contributed by atoms with E-state index in [-0.39, 0.29) is 27.7 Å². The Morgan fingerprint density at radius 2 is 1.92 bits per heavy atom. The van der Waals surface area contributed by atoms with Crippen molar-refractivity contribution in [2.24, 2.45) is 0 Å². The molecule has 0 aliphatic heterocycles. The Morgan fingerprint density at radius 1 is 1.25 bits per heavy atom. The van der Waals surface area contributed by atoms with Crippen LogP contribution in [0.1, 0.15) is 23.0 Å². The van der Waals surface area contributed by atoms with Gasteiger partial charge in [-0.15, -0.1) is 0 Å². The fourth-order valence-electron chi connectivity index (χ4n) is 2.02. The molecule has 2 rings (SSSR count). The first-order valence-electron chi connectivity index (χ1n) is 6.77. The molecule has 0 unspecified atom stereocenters. The van der Waals surface area contributed by atoms with Gasteiger partial charge in [-0.1, -0.05) is 23.2 Å². The SMILES string of the molecule is COC(=O)c1nc(-c2cc(Cl)c(C)cc2F)cc(NC(C)=O)c1Cl. The zero-order valence-corrected chi connectivity index (χ0v) is 14.5. The molecule has 1 aromatic heterocycles. The van der Waals surface area contributed by atoms with Gasteiger partial charge in [-0.05, 0) is 30.7 Å². The van der Waals surface area contributed by atoms with Crippen LogP contribution in [0, 0.1) is 12.7 Å². The molecule has 0 aliphatic carbocycles. The molecule has 0 fully saturated rings. The number of nitrogens with zero attached hydrogens (tertiary/aromatic N) is 1. The smallest absolute Gasteiger partial charge is 0.358 e. The maximum Gasteiger partial charge on any atom is 0.358 e.